The highest BCUT2D eigenvalue weighted by molar-refractivity contribution is 5.81. The van der Waals surface area contributed by atoms with Gasteiger partial charge in [-0.15, -0.1) is 0 Å². The summed E-state index contributed by atoms with van der Waals surface area (Å²) < 4.78 is 7.49. The van der Waals surface area contributed by atoms with Crippen LogP contribution in [0.5, 0.6) is 0 Å². The van der Waals surface area contributed by atoms with Gasteiger partial charge >= 0.3 is 0 Å². The maximum absolute atomic E-state index is 5.76. The highest BCUT2D eigenvalue weighted by Gasteiger charge is 2.11. The lowest BCUT2D eigenvalue weighted by Gasteiger charge is -1.99. The molecule has 0 saturated carbocycles. The number of fused-ring (bicyclic) bond motifs is 2. The second-order valence-electron chi connectivity index (χ2n) is 4.64. The first kappa shape index (κ1) is 11.6. The van der Waals surface area contributed by atoms with Gasteiger partial charge in [0.1, 0.15) is 23.9 Å². The fraction of sp³-hybridized carbons (Fsp3) is 0.0769. The van der Waals surface area contributed by atoms with Crippen LogP contribution in [0, 0.1) is 0 Å². The fourth-order valence-electron chi connectivity index (χ4n) is 2.22. The highest BCUT2D eigenvalue weighted by Crippen LogP contribution is 2.20. The molecule has 0 aliphatic carbocycles. The van der Waals surface area contributed by atoms with Crippen molar-refractivity contribution in [3.8, 4) is 0 Å². The van der Waals surface area contributed by atoms with E-state index >= 15 is 0 Å². The molecule has 8 nitrogen and oxygen atoms in total. The zero-order valence-electron chi connectivity index (χ0n) is 10.9. The molecule has 0 radical (unpaired) electrons. The summed E-state index contributed by atoms with van der Waals surface area (Å²) in [5.74, 6) is 0.899. The summed E-state index contributed by atoms with van der Waals surface area (Å²) in [6.07, 6.45) is 3.04. The molecule has 0 atom stereocenters. The molecule has 0 aliphatic heterocycles. The number of nitrogens with zero attached hydrogens (tertiary/aromatic N) is 5. The summed E-state index contributed by atoms with van der Waals surface area (Å²) in [7, 11) is 0. The van der Waals surface area contributed by atoms with Gasteiger partial charge in [-0.1, -0.05) is 0 Å². The van der Waals surface area contributed by atoms with Gasteiger partial charge in [-0.3, -0.25) is 0 Å². The predicted octanol–water partition coefficient (Wildman–Crippen LogP) is 1.18. The van der Waals surface area contributed by atoms with Crippen LogP contribution in [0.3, 0.4) is 0 Å². The summed E-state index contributed by atoms with van der Waals surface area (Å²) in [6, 6.07) is 5.35. The summed E-state index contributed by atoms with van der Waals surface area (Å²) >= 11 is 0. The van der Waals surface area contributed by atoms with E-state index in [2.05, 4.69) is 19.9 Å². The first-order chi connectivity index (χ1) is 10.2. The normalized spacial score (nSPS) is 11.4. The van der Waals surface area contributed by atoms with Gasteiger partial charge in [0.2, 0.25) is 5.89 Å². The van der Waals surface area contributed by atoms with Crippen molar-refractivity contribution in [3.05, 3.63) is 36.7 Å². The van der Waals surface area contributed by atoms with Crippen LogP contribution in [0.4, 0.5) is 11.5 Å². The quantitative estimate of drug-likeness (QED) is 0.529. The number of imidazole rings is 1. The minimum absolute atomic E-state index is 0.351. The third kappa shape index (κ3) is 1.84. The van der Waals surface area contributed by atoms with Crippen LogP contribution in [0.25, 0.3) is 22.3 Å². The Bertz CT molecular complexity index is 956. The van der Waals surface area contributed by atoms with Gasteiger partial charge < -0.3 is 20.5 Å². The number of rotatable bonds is 2. The Morgan fingerprint density at radius 3 is 2.95 bits per heavy atom. The summed E-state index contributed by atoms with van der Waals surface area (Å²) in [5, 5.41) is 0. The number of nitrogens with two attached hydrogens (primary N) is 2. The van der Waals surface area contributed by atoms with Gasteiger partial charge in [0.15, 0.2) is 17.0 Å². The largest absolute Gasteiger partial charge is 0.439 e. The molecule has 3 heterocycles. The van der Waals surface area contributed by atoms with Gasteiger partial charge in [0.05, 0.1) is 6.33 Å². The van der Waals surface area contributed by atoms with Crippen molar-refractivity contribution >= 4 is 33.8 Å². The molecule has 4 N–H and O–H groups in total. The summed E-state index contributed by atoms with van der Waals surface area (Å²) in [5.41, 5.74) is 14.8. The van der Waals surface area contributed by atoms with Crippen molar-refractivity contribution < 1.29 is 4.42 Å². The van der Waals surface area contributed by atoms with Crippen molar-refractivity contribution in [2.45, 2.75) is 6.54 Å². The van der Waals surface area contributed by atoms with Gasteiger partial charge in [0.25, 0.3) is 0 Å². The van der Waals surface area contributed by atoms with E-state index < -0.39 is 0 Å². The number of nitrogen functional groups attached to an aromatic ring is 2. The first-order valence-electron chi connectivity index (χ1n) is 6.27. The fourth-order valence-corrected chi connectivity index (χ4v) is 2.22. The molecule has 1 aromatic carbocycles. The van der Waals surface area contributed by atoms with Crippen LogP contribution in [0.1, 0.15) is 5.89 Å². The predicted molar refractivity (Wildman–Crippen MR) is 77.3 cm³/mol. The van der Waals surface area contributed by atoms with Crippen molar-refractivity contribution in [1.82, 2.24) is 24.5 Å². The Kier molecular flexibility index (Phi) is 2.31. The van der Waals surface area contributed by atoms with Crippen LogP contribution in [0.2, 0.25) is 0 Å². The molecule has 3 aromatic heterocycles. The Labute approximate surface area is 118 Å². The zero-order valence-corrected chi connectivity index (χ0v) is 10.9. The van der Waals surface area contributed by atoms with Crippen molar-refractivity contribution in [1.29, 1.82) is 0 Å². The second kappa shape index (κ2) is 4.17. The molecule has 0 spiro atoms. The van der Waals surface area contributed by atoms with E-state index in [1.54, 1.807) is 29.1 Å². The molecule has 8 heteroatoms. The third-order valence-electron chi connectivity index (χ3n) is 3.19. The number of hydrogen-bond acceptors (Lipinski definition) is 7. The van der Waals surface area contributed by atoms with Crippen molar-refractivity contribution in [2.24, 2.45) is 0 Å². The maximum atomic E-state index is 5.76. The molecule has 0 bridgehead atoms. The molecule has 0 aliphatic rings. The molecule has 0 amide bonds. The number of oxazole rings is 1. The average Bonchev–Trinajstić information content (AvgIpc) is 3.04. The van der Waals surface area contributed by atoms with E-state index in [9.17, 15) is 0 Å². The monoisotopic (exact) mass is 281 g/mol. The topological polar surface area (TPSA) is 122 Å². The maximum Gasteiger partial charge on any atom is 0.215 e. The van der Waals surface area contributed by atoms with E-state index in [1.165, 1.54) is 6.33 Å². The van der Waals surface area contributed by atoms with Crippen molar-refractivity contribution in [2.75, 3.05) is 11.5 Å². The van der Waals surface area contributed by atoms with E-state index in [-0.39, 0.29) is 0 Å². The van der Waals surface area contributed by atoms with Crippen LogP contribution in [0.15, 0.2) is 35.3 Å². The Morgan fingerprint density at radius 2 is 2.05 bits per heavy atom. The molecule has 0 fully saturated rings. The van der Waals surface area contributed by atoms with Gasteiger partial charge in [-0.05, 0) is 18.2 Å². The average molecular weight is 281 g/mol. The second-order valence-corrected chi connectivity index (χ2v) is 4.64. The van der Waals surface area contributed by atoms with E-state index in [4.69, 9.17) is 15.9 Å². The van der Waals surface area contributed by atoms with E-state index in [0.717, 1.165) is 5.52 Å². The third-order valence-corrected chi connectivity index (χ3v) is 3.19. The van der Waals surface area contributed by atoms with Crippen LogP contribution in [-0.2, 0) is 6.54 Å². The van der Waals surface area contributed by atoms with E-state index in [1.807, 2.05) is 0 Å². The lowest BCUT2D eigenvalue weighted by molar-refractivity contribution is 0.511. The highest BCUT2D eigenvalue weighted by atomic mass is 16.3. The lowest BCUT2D eigenvalue weighted by Crippen LogP contribution is -2.00. The molecular formula is C13H11N7O. The zero-order chi connectivity index (χ0) is 14.4. The standard InChI is InChI=1S/C13H11N7O/c14-7-1-2-9-8(3-7)19-10(21-9)4-20-6-18-11-12(15)16-5-17-13(11)20/h1-3,5-6H,4,14H2,(H2,15,16,17). The number of aromatic nitrogens is 5. The summed E-state index contributed by atoms with van der Waals surface area (Å²) in [4.78, 5) is 16.7. The summed E-state index contributed by atoms with van der Waals surface area (Å²) in [6.45, 7) is 0.404. The lowest BCUT2D eigenvalue weighted by atomic mass is 10.3. The molecule has 0 unspecified atom stereocenters. The van der Waals surface area contributed by atoms with Gasteiger partial charge in [-0.2, -0.15) is 0 Å². The molecule has 104 valence electrons. The number of anilines is 2. The van der Waals surface area contributed by atoms with Gasteiger partial charge in [0, 0.05) is 5.69 Å². The SMILES string of the molecule is Nc1ccc2oc(Cn3cnc4c(N)ncnc43)nc2c1. The van der Waals surface area contributed by atoms with Crippen molar-refractivity contribution in [3.63, 3.8) is 0 Å². The molecule has 0 saturated heterocycles. The minimum atomic E-state index is 0.351. The van der Waals surface area contributed by atoms with Crippen LogP contribution >= 0.6 is 0 Å². The Morgan fingerprint density at radius 1 is 1.14 bits per heavy atom. The van der Waals surface area contributed by atoms with E-state index in [0.29, 0.717) is 40.7 Å². The van der Waals surface area contributed by atoms with Crippen LogP contribution in [-0.4, -0.2) is 24.5 Å². The van der Waals surface area contributed by atoms with Crippen LogP contribution < -0.4 is 11.5 Å². The molecular weight excluding hydrogens is 270 g/mol. The number of benzene rings is 1. The Hall–Kier alpha value is -3.16. The molecule has 21 heavy (non-hydrogen) atoms. The first-order valence-corrected chi connectivity index (χ1v) is 6.27. The minimum Gasteiger partial charge on any atom is -0.439 e. The number of hydrogen-bond donors (Lipinski definition) is 2. The molecule has 4 aromatic rings. The Balaban J connectivity index is 1.77. The molecule has 4 rings (SSSR count). The smallest absolute Gasteiger partial charge is 0.215 e. The van der Waals surface area contributed by atoms with Gasteiger partial charge in [-0.25, -0.2) is 19.9 Å².